The van der Waals surface area contributed by atoms with Crippen LogP contribution >= 0.6 is 11.6 Å². The Morgan fingerprint density at radius 2 is 2.15 bits per heavy atom. The number of Topliss-reactive ketones (excluding diaryl/α,β-unsaturated/α-hetero) is 1. The molecule has 0 fully saturated rings. The van der Waals surface area contributed by atoms with Gasteiger partial charge in [0.25, 0.3) is 0 Å². The fraction of sp³-hybridized carbons (Fsp3) is 0.375. The van der Waals surface area contributed by atoms with Gasteiger partial charge in [0.1, 0.15) is 5.82 Å². The van der Waals surface area contributed by atoms with E-state index in [0.717, 1.165) is 35.4 Å². The van der Waals surface area contributed by atoms with Crippen LogP contribution in [0.5, 0.6) is 0 Å². The first-order valence-corrected chi connectivity index (χ1v) is 7.19. The quantitative estimate of drug-likeness (QED) is 0.752. The number of hydrogen-bond donors (Lipinski definition) is 0. The second kappa shape index (κ2) is 5.13. The number of allylic oxidation sites excluding steroid dienone is 2. The van der Waals surface area contributed by atoms with E-state index in [4.69, 9.17) is 11.6 Å². The van der Waals surface area contributed by atoms with E-state index < -0.39 is 5.82 Å². The summed E-state index contributed by atoms with van der Waals surface area (Å²) in [5, 5.41) is 0.105. The summed E-state index contributed by atoms with van der Waals surface area (Å²) in [5.41, 5.74) is 3.64. The highest BCUT2D eigenvalue weighted by Crippen LogP contribution is 2.40. The molecule has 0 bridgehead atoms. The molecular formula is C16H15ClFNO. The molecule has 0 N–H and O–H groups in total. The first kappa shape index (κ1) is 13.5. The van der Waals surface area contributed by atoms with Crippen molar-refractivity contribution in [3.63, 3.8) is 0 Å². The molecule has 2 nitrogen and oxygen atoms in total. The van der Waals surface area contributed by atoms with E-state index >= 15 is 0 Å². The van der Waals surface area contributed by atoms with Gasteiger partial charge in [-0.2, -0.15) is 0 Å². The molecular weight excluding hydrogens is 277 g/mol. The standard InChI is InChI=1S/C16H15ClFNO/c1-9-7-11(10-5-6-13(18)12(17)8-10)16-14(19-9)3-2-4-15(16)20/h5-6,8,11H,2-4,7H2,1H3. The highest BCUT2D eigenvalue weighted by Gasteiger charge is 2.32. The lowest BCUT2D eigenvalue weighted by Crippen LogP contribution is -2.23. The predicted octanol–water partition coefficient (Wildman–Crippen LogP) is 4.43. The number of carbonyl (C=O) groups excluding carboxylic acids is 1. The minimum absolute atomic E-state index is 0.0339. The Kier molecular flexibility index (Phi) is 3.47. The topological polar surface area (TPSA) is 29.4 Å². The molecule has 4 heteroatoms. The van der Waals surface area contributed by atoms with E-state index in [2.05, 4.69) is 4.99 Å². The molecule has 0 radical (unpaired) electrons. The third-order valence-electron chi connectivity index (χ3n) is 3.95. The maximum Gasteiger partial charge on any atom is 0.161 e. The normalized spacial score (nSPS) is 22.6. The van der Waals surface area contributed by atoms with Crippen molar-refractivity contribution in [1.82, 2.24) is 0 Å². The van der Waals surface area contributed by atoms with Crippen LogP contribution in [0.15, 0.2) is 34.5 Å². The van der Waals surface area contributed by atoms with Gasteiger partial charge in [-0.1, -0.05) is 17.7 Å². The van der Waals surface area contributed by atoms with Crippen LogP contribution in [0.25, 0.3) is 0 Å². The summed E-state index contributed by atoms with van der Waals surface area (Å²) in [4.78, 5) is 16.8. The van der Waals surface area contributed by atoms with E-state index in [-0.39, 0.29) is 16.7 Å². The van der Waals surface area contributed by atoms with Crippen molar-refractivity contribution in [2.24, 2.45) is 4.99 Å². The van der Waals surface area contributed by atoms with Crippen LogP contribution in [0.3, 0.4) is 0 Å². The number of aliphatic imine (C=N–C) groups is 1. The van der Waals surface area contributed by atoms with Gasteiger partial charge in [0.2, 0.25) is 0 Å². The van der Waals surface area contributed by atoms with Crippen molar-refractivity contribution < 1.29 is 9.18 Å². The van der Waals surface area contributed by atoms with Crippen molar-refractivity contribution in [2.45, 2.75) is 38.5 Å². The first-order chi connectivity index (χ1) is 9.56. The van der Waals surface area contributed by atoms with Crippen LogP contribution in [-0.2, 0) is 4.79 Å². The fourth-order valence-electron chi connectivity index (χ4n) is 3.05. The Morgan fingerprint density at radius 3 is 2.90 bits per heavy atom. The van der Waals surface area contributed by atoms with Gasteiger partial charge in [-0.25, -0.2) is 4.39 Å². The fourth-order valence-corrected chi connectivity index (χ4v) is 3.23. The molecule has 1 aromatic rings. The molecule has 104 valence electrons. The highest BCUT2D eigenvalue weighted by atomic mass is 35.5. The van der Waals surface area contributed by atoms with Gasteiger partial charge >= 0.3 is 0 Å². The van der Waals surface area contributed by atoms with Gasteiger partial charge in [0.15, 0.2) is 5.78 Å². The van der Waals surface area contributed by atoms with Crippen molar-refractivity contribution in [2.75, 3.05) is 0 Å². The lowest BCUT2D eigenvalue weighted by molar-refractivity contribution is -0.116. The maximum atomic E-state index is 13.3. The van der Waals surface area contributed by atoms with Crippen LogP contribution in [0.1, 0.15) is 44.1 Å². The molecule has 0 amide bonds. The zero-order chi connectivity index (χ0) is 14.3. The molecule has 2 aliphatic rings. The number of ketones is 1. The number of benzene rings is 1. The highest BCUT2D eigenvalue weighted by molar-refractivity contribution is 6.30. The average Bonchev–Trinajstić information content (AvgIpc) is 2.41. The van der Waals surface area contributed by atoms with Crippen molar-refractivity contribution in [3.05, 3.63) is 45.9 Å². The second-order valence-electron chi connectivity index (χ2n) is 5.41. The predicted molar refractivity (Wildman–Crippen MR) is 77.8 cm³/mol. The van der Waals surface area contributed by atoms with Gasteiger partial charge < -0.3 is 0 Å². The third kappa shape index (κ3) is 2.31. The van der Waals surface area contributed by atoms with Gasteiger partial charge in [0, 0.05) is 29.3 Å². The summed E-state index contributed by atoms with van der Waals surface area (Å²) in [6, 6.07) is 4.72. The Morgan fingerprint density at radius 1 is 1.35 bits per heavy atom. The van der Waals surface area contributed by atoms with Crippen molar-refractivity contribution in [1.29, 1.82) is 0 Å². The van der Waals surface area contributed by atoms with Crippen LogP contribution in [-0.4, -0.2) is 11.5 Å². The lowest BCUT2D eigenvalue weighted by atomic mass is 9.78. The summed E-state index contributed by atoms with van der Waals surface area (Å²) >= 11 is 5.87. The van der Waals surface area contributed by atoms with Crippen LogP contribution in [0.2, 0.25) is 5.02 Å². The van der Waals surface area contributed by atoms with Gasteiger partial charge in [-0.05, 0) is 43.9 Å². The largest absolute Gasteiger partial charge is 0.294 e. The Labute approximate surface area is 122 Å². The molecule has 1 aliphatic heterocycles. The molecule has 20 heavy (non-hydrogen) atoms. The van der Waals surface area contributed by atoms with Crippen LogP contribution in [0.4, 0.5) is 4.39 Å². The van der Waals surface area contributed by atoms with E-state index in [9.17, 15) is 9.18 Å². The Hall–Kier alpha value is -1.48. The molecule has 1 unspecified atom stereocenters. The lowest BCUT2D eigenvalue weighted by Gasteiger charge is -2.29. The molecule has 1 aliphatic carbocycles. The zero-order valence-corrected chi connectivity index (χ0v) is 12.0. The minimum atomic E-state index is -0.430. The van der Waals surface area contributed by atoms with Crippen LogP contribution in [0, 0.1) is 5.82 Å². The van der Waals surface area contributed by atoms with Gasteiger partial charge in [-0.15, -0.1) is 0 Å². The number of carbonyl (C=O) groups is 1. The van der Waals surface area contributed by atoms with Crippen LogP contribution < -0.4 is 0 Å². The van der Waals surface area contributed by atoms with Gasteiger partial charge in [-0.3, -0.25) is 9.79 Å². The van der Waals surface area contributed by atoms with Crippen molar-refractivity contribution in [3.8, 4) is 0 Å². The second-order valence-corrected chi connectivity index (χ2v) is 5.82. The van der Waals surface area contributed by atoms with Crippen molar-refractivity contribution >= 4 is 23.1 Å². The molecule has 1 atom stereocenters. The summed E-state index contributed by atoms with van der Waals surface area (Å²) in [6.45, 7) is 1.97. The molecule has 0 saturated heterocycles. The molecule has 0 aromatic heterocycles. The summed E-state index contributed by atoms with van der Waals surface area (Å²) < 4.78 is 13.3. The number of halogens is 2. The van der Waals surface area contributed by atoms with Gasteiger partial charge in [0.05, 0.1) is 5.02 Å². The molecule has 1 heterocycles. The SMILES string of the molecule is CC1=NC2=C(C(=O)CCC2)C(c2ccc(F)c(Cl)c2)C1. The molecule has 0 spiro atoms. The first-order valence-electron chi connectivity index (χ1n) is 6.81. The minimum Gasteiger partial charge on any atom is -0.294 e. The molecule has 0 saturated carbocycles. The molecule has 3 rings (SSSR count). The zero-order valence-electron chi connectivity index (χ0n) is 11.2. The van der Waals surface area contributed by atoms with E-state index in [1.54, 1.807) is 12.1 Å². The smallest absolute Gasteiger partial charge is 0.161 e. The van der Waals surface area contributed by atoms with E-state index in [1.165, 1.54) is 6.07 Å². The third-order valence-corrected chi connectivity index (χ3v) is 4.24. The average molecular weight is 292 g/mol. The Bertz CT molecular complexity index is 648. The number of hydrogen-bond acceptors (Lipinski definition) is 2. The van der Waals surface area contributed by atoms with E-state index in [1.807, 2.05) is 6.92 Å². The number of rotatable bonds is 1. The molecule has 1 aromatic carbocycles. The monoisotopic (exact) mass is 291 g/mol. The maximum absolute atomic E-state index is 13.3. The summed E-state index contributed by atoms with van der Waals surface area (Å²) in [5.74, 6) is -0.290. The summed E-state index contributed by atoms with van der Waals surface area (Å²) in [7, 11) is 0. The number of nitrogens with zero attached hydrogens (tertiary/aromatic N) is 1. The van der Waals surface area contributed by atoms with E-state index in [0.29, 0.717) is 12.8 Å². The Balaban J connectivity index is 2.08. The summed E-state index contributed by atoms with van der Waals surface area (Å²) in [6.07, 6.45) is 3.00.